The average molecular weight is 502 g/mol. The van der Waals surface area contributed by atoms with Crippen LogP contribution in [0, 0.1) is 17.8 Å². The van der Waals surface area contributed by atoms with Crippen molar-refractivity contribution < 1.29 is 39.2 Å². The number of ether oxygens (including phenoxy) is 2. The zero-order chi connectivity index (χ0) is 26.4. The molecule has 1 aromatic carbocycles. The molecule has 0 saturated carbocycles. The van der Waals surface area contributed by atoms with E-state index in [9.17, 15) is 29.7 Å². The number of rotatable bonds is 10. The van der Waals surface area contributed by atoms with Crippen LogP contribution in [0.4, 0.5) is 4.79 Å². The maximum absolute atomic E-state index is 13.1. The normalized spacial score (nSPS) is 23.2. The summed E-state index contributed by atoms with van der Waals surface area (Å²) in [5.74, 6) is -3.76. The van der Waals surface area contributed by atoms with E-state index in [4.69, 9.17) is 4.74 Å². The van der Waals surface area contributed by atoms with Gasteiger partial charge in [0.05, 0.1) is 38.3 Å². The van der Waals surface area contributed by atoms with Gasteiger partial charge in [-0.05, 0) is 54.5 Å². The van der Waals surface area contributed by atoms with Gasteiger partial charge in [0.2, 0.25) is 11.8 Å². The van der Waals surface area contributed by atoms with Crippen molar-refractivity contribution in [2.24, 2.45) is 17.8 Å². The maximum Gasteiger partial charge on any atom is 0.423 e. The molecule has 0 spiro atoms. The lowest BCUT2D eigenvalue weighted by atomic mass is 9.68. The number of amides is 3. The van der Waals surface area contributed by atoms with Crippen LogP contribution in [0.1, 0.15) is 44.6 Å². The summed E-state index contributed by atoms with van der Waals surface area (Å²) in [7, 11) is 2.59. The number of allylic oxidation sites excluding steroid dienone is 1. The summed E-state index contributed by atoms with van der Waals surface area (Å²) in [4.78, 5) is 38.6. The van der Waals surface area contributed by atoms with E-state index in [1.807, 2.05) is 18.2 Å². The van der Waals surface area contributed by atoms with Gasteiger partial charge in [0.15, 0.2) is 0 Å². The van der Waals surface area contributed by atoms with Crippen LogP contribution in [0.5, 0.6) is 5.75 Å². The summed E-state index contributed by atoms with van der Waals surface area (Å²) in [6.07, 6.45) is 2.85. The summed E-state index contributed by atoms with van der Waals surface area (Å²) >= 11 is 0. The van der Waals surface area contributed by atoms with Crippen molar-refractivity contribution in [2.75, 3.05) is 27.4 Å². The van der Waals surface area contributed by atoms with Crippen molar-refractivity contribution in [2.45, 2.75) is 45.1 Å². The number of fused-ring (bicyclic) bond motifs is 1. The maximum atomic E-state index is 13.1. The lowest BCUT2D eigenvalue weighted by Crippen LogP contribution is -2.40. The largest absolute Gasteiger partial charge is 0.508 e. The first-order valence-electron chi connectivity index (χ1n) is 12.2. The van der Waals surface area contributed by atoms with Crippen molar-refractivity contribution in [1.82, 2.24) is 4.90 Å². The van der Waals surface area contributed by atoms with Crippen LogP contribution in [-0.2, 0) is 19.1 Å². The number of aliphatic hydroxyl groups is 2. The Hall–Kier alpha value is -3.01. The van der Waals surface area contributed by atoms with E-state index in [1.165, 1.54) is 7.11 Å². The number of nitrogens with zero attached hydrogens (tertiary/aromatic N) is 1. The number of phenolic OH excluding ortho intramolecular Hbond substituents is 1. The van der Waals surface area contributed by atoms with Crippen molar-refractivity contribution in [3.8, 4) is 5.75 Å². The number of hydrogen-bond donors (Lipinski definition) is 3. The Labute approximate surface area is 211 Å². The Morgan fingerprint density at radius 3 is 2.44 bits per heavy atom. The minimum Gasteiger partial charge on any atom is -0.508 e. The number of aliphatic hydroxyl groups excluding tert-OH is 2. The van der Waals surface area contributed by atoms with Gasteiger partial charge in [-0.15, -0.1) is 0 Å². The number of methoxy groups -OCH3 is 2. The lowest BCUT2D eigenvalue weighted by molar-refractivity contribution is -0.137. The molecule has 196 valence electrons. The molecule has 3 rings (SSSR count). The molecular formula is C27H35NO8. The summed E-state index contributed by atoms with van der Waals surface area (Å²) in [6.45, 7) is 1.75. The first kappa shape index (κ1) is 27.6. The first-order chi connectivity index (χ1) is 17.3. The van der Waals surface area contributed by atoms with Gasteiger partial charge in [0, 0.05) is 13.0 Å². The van der Waals surface area contributed by atoms with E-state index >= 15 is 0 Å². The molecular weight excluding hydrogens is 466 g/mol. The van der Waals surface area contributed by atoms with Crippen LogP contribution in [0.25, 0.3) is 6.08 Å². The minimum atomic E-state index is -1.05. The number of likely N-dealkylation sites (tertiary alicyclic amines) is 1. The minimum absolute atomic E-state index is 0.136. The fourth-order valence-corrected chi connectivity index (χ4v) is 5.41. The Bertz CT molecular complexity index is 1030. The van der Waals surface area contributed by atoms with Crippen LogP contribution >= 0.6 is 0 Å². The highest BCUT2D eigenvalue weighted by molar-refractivity contribution is 6.16. The molecule has 1 fully saturated rings. The second-order valence-electron chi connectivity index (χ2n) is 9.30. The fourth-order valence-electron chi connectivity index (χ4n) is 5.41. The number of benzene rings is 1. The molecule has 1 aliphatic carbocycles. The van der Waals surface area contributed by atoms with E-state index in [-0.39, 0.29) is 18.8 Å². The molecule has 9 nitrogen and oxygen atoms in total. The topological polar surface area (TPSA) is 134 Å². The molecule has 2 aliphatic rings. The Morgan fingerprint density at radius 2 is 1.86 bits per heavy atom. The fraction of sp³-hybridized carbons (Fsp3) is 0.519. The van der Waals surface area contributed by atoms with Crippen molar-refractivity contribution in [3.05, 3.63) is 46.5 Å². The highest BCUT2D eigenvalue weighted by Crippen LogP contribution is 2.46. The Morgan fingerprint density at radius 1 is 1.17 bits per heavy atom. The van der Waals surface area contributed by atoms with Crippen LogP contribution in [0.15, 0.2) is 41.0 Å². The molecule has 9 heteroatoms. The van der Waals surface area contributed by atoms with Gasteiger partial charge >= 0.3 is 6.09 Å². The molecule has 0 aromatic heterocycles. The molecule has 4 atom stereocenters. The molecule has 1 heterocycles. The quantitative estimate of drug-likeness (QED) is 0.329. The lowest BCUT2D eigenvalue weighted by Gasteiger charge is -2.36. The van der Waals surface area contributed by atoms with E-state index in [0.29, 0.717) is 28.9 Å². The number of carbonyl (C=O) groups excluding carboxylic acids is 3. The highest BCUT2D eigenvalue weighted by Gasteiger charge is 2.57. The molecule has 0 unspecified atom stereocenters. The van der Waals surface area contributed by atoms with Crippen LogP contribution in [-0.4, -0.2) is 71.7 Å². The Kier molecular flexibility index (Phi) is 9.42. The zero-order valence-electron chi connectivity index (χ0n) is 21.0. The smallest absolute Gasteiger partial charge is 0.423 e. The monoisotopic (exact) mass is 501 g/mol. The summed E-state index contributed by atoms with van der Waals surface area (Å²) < 4.78 is 9.95. The summed E-state index contributed by atoms with van der Waals surface area (Å²) in [6, 6.07) is 6.88. The van der Waals surface area contributed by atoms with Crippen LogP contribution in [0.3, 0.4) is 0 Å². The SMILES string of the molecule is CCC/C(=C\c1ccc(O)cc1)CC[C@@H](O)C1=C(COC)C[C@H]2C(=O)N(C(=O)OC)C(=O)[C@H]2[C@H]1CO. The summed E-state index contributed by atoms with van der Waals surface area (Å²) in [5.41, 5.74) is 3.23. The van der Waals surface area contributed by atoms with E-state index in [2.05, 4.69) is 11.7 Å². The number of imide groups is 3. The third-order valence-corrected chi connectivity index (χ3v) is 6.99. The second kappa shape index (κ2) is 12.3. The highest BCUT2D eigenvalue weighted by atomic mass is 16.5. The second-order valence-corrected chi connectivity index (χ2v) is 9.30. The van der Waals surface area contributed by atoms with Gasteiger partial charge in [-0.25, -0.2) is 4.79 Å². The first-order valence-corrected chi connectivity index (χ1v) is 12.2. The predicted octanol–water partition coefficient (Wildman–Crippen LogP) is 3.04. The molecule has 1 saturated heterocycles. The van der Waals surface area contributed by atoms with Gasteiger partial charge in [0.25, 0.3) is 0 Å². The molecule has 0 bridgehead atoms. The van der Waals surface area contributed by atoms with Crippen LogP contribution < -0.4 is 0 Å². The zero-order valence-corrected chi connectivity index (χ0v) is 21.0. The predicted molar refractivity (Wildman–Crippen MR) is 132 cm³/mol. The van der Waals surface area contributed by atoms with E-state index in [0.717, 1.165) is 31.1 Å². The standard InChI is InChI=1S/C27H35NO8/c1-4-5-16(12-17-6-9-19(30)10-7-17)8-11-22(31)23-18(15-35-2)13-20-24(21(23)14-29)26(33)28(25(20)32)27(34)36-3/h6-7,9-10,12,20-22,24,29-31H,4-5,8,11,13-15H2,1-3H3/b16-12+/t20-,21+,22-,24-/m1/s1. The van der Waals surface area contributed by atoms with Gasteiger partial charge in [-0.2, -0.15) is 4.90 Å². The van der Waals surface area contributed by atoms with Crippen molar-refractivity contribution >= 4 is 24.0 Å². The molecule has 3 amide bonds. The summed E-state index contributed by atoms with van der Waals surface area (Å²) in [5, 5.41) is 31.1. The molecule has 1 aromatic rings. The average Bonchev–Trinajstić information content (AvgIpc) is 3.12. The van der Waals surface area contributed by atoms with Gasteiger partial charge in [0.1, 0.15) is 5.75 Å². The third kappa shape index (κ3) is 5.69. The number of carbonyl (C=O) groups is 3. The number of aromatic hydroxyl groups is 1. The van der Waals surface area contributed by atoms with E-state index in [1.54, 1.807) is 12.1 Å². The molecule has 0 radical (unpaired) electrons. The number of hydrogen-bond acceptors (Lipinski definition) is 8. The van der Waals surface area contributed by atoms with Crippen molar-refractivity contribution in [3.63, 3.8) is 0 Å². The van der Waals surface area contributed by atoms with Crippen molar-refractivity contribution in [1.29, 1.82) is 0 Å². The number of phenols is 1. The third-order valence-electron chi connectivity index (χ3n) is 6.99. The van der Waals surface area contributed by atoms with Gasteiger partial charge in [-0.3, -0.25) is 9.59 Å². The van der Waals surface area contributed by atoms with Gasteiger partial charge < -0.3 is 24.8 Å². The van der Waals surface area contributed by atoms with Gasteiger partial charge in [-0.1, -0.05) is 37.1 Å². The van der Waals surface area contributed by atoms with Crippen LogP contribution in [0.2, 0.25) is 0 Å². The molecule has 1 aliphatic heterocycles. The Balaban J connectivity index is 1.87. The van der Waals surface area contributed by atoms with E-state index < -0.39 is 48.4 Å². The molecule has 36 heavy (non-hydrogen) atoms. The molecule has 3 N–H and O–H groups in total.